The molecule has 2 aromatic heterocycles. The smallest absolute Gasteiger partial charge is 0.195 e. The number of thiophene rings is 1. The van der Waals surface area contributed by atoms with Crippen LogP contribution in [-0.4, -0.2) is 0 Å². The normalized spacial score (nSPS) is 15.3. The summed E-state index contributed by atoms with van der Waals surface area (Å²) in [5, 5.41) is 4.12. The van der Waals surface area contributed by atoms with Gasteiger partial charge in [0.2, 0.25) is 0 Å². The van der Waals surface area contributed by atoms with E-state index in [1.165, 1.54) is 70.2 Å². The minimum Gasteiger partial charge on any atom is -0.310 e. The Morgan fingerprint density at radius 2 is 1.02 bits per heavy atom. The number of hydrogen-bond donors (Lipinski definition) is 0. The maximum atomic E-state index is 14.4. The van der Waals surface area contributed by atoms with Crippen LogP contribution in [0, 0.1) is 0 Å². The minimum atomic E-state index is -0.629. The molecule has 2 aliphatic carbocycles. The summed E-state index contributed by atoms with van der Waals surface area (Å²) < 4.78 is 4.63. The second-order valence-corrected chi connectivity index (χ2v) is 19.0. The molecule has 2 nitrogen and oxygen atoms in total. The van der Waals surface area contributed by atoms with Gasteiger partial charge in [0.05, 0.1) is 5.41 Å². The van der Waals surface area contributed by atoms with Crippen molar-refractivity contribution in [3.8, 4) is 22.3 Å². The highest BCUT2D eigenvalue weighted by Gasteiger charge is 2.52. The van der Waals surface area contributed by atoms with E-state index in [-0.39, 0.29) is 10.8 Å². The predicted molar refractivity (Wildman–Crippen MR) is 248 cm³/mol. The van der Waals surface area contributed by atoms with Crippen LogP contribution in [0.1, 0.15) is 48.6 Å². The molecular weight excluding hydrogens is 743 g/mol. The van der Waals surface area contributed by atoms with Crippen LogP contribution in [0.3, 0.4) is 0 Å². The molecule has 1 atom stereocenters. The molecule has 4 heteroatoms. The van der Waals surface area contributed by atoms with E-state index in [1.54, 1.807) is 11.3 Å². The predicted octanol–water partition coefficient (Wildman–Crippen LogP) is 14.9. The lowest BCUT2D eigenvalue weighted by Crippen LogP contribution is -2.26. The summed E-state index contributed by atoms with van der Waals surface area (Å²) >= 11 is 3.56. The maximum Gasteiger partial charge on any atom is 0.195 e. The third kappa shape index (κ3) is 4.61. The first-order valence-corrected chi connectivity index (χ1v) is 21.6. The van der Waals surface area contributed by atoms with Crippen LogP contribution in [0.25, 0.3) is 62.6 Å². The van der Waals surface area contributed by atoms with Gasteiger partial charge in [-0.2, -0.15) is 0 Å². The molecule has 0 N–H and O–H groups in total. The summed E-state index contributed by atoms with van der Waals surface area (Å²) in [7, 11) is 0. The molecule has 0 saturated heterocycles. The van der Waals surface area contributed by atoms with Gasteiger partial charge < -0.3 is 4.90 Å². The third-order valence-corrected chi connectivity index (χ3v) is 14.9. The van der Waals surface area contributed by atoms with Gasteiger partial charge in [-0.15, -0.1) is 22.7 Å². The lowest BCUT2D eigenvalue weighted by molar-refractivity contribution is 0.590. The van der Waals surface area contributed by atoms with E-state index in [0.29, 0.717) is 0 Å². The number of rotatable bonds is 3. The fraction of sp³-hybridized carbons (Fsp3) is 0.0926. The van der Waals surface area contributed by atoms with Gasteiger partial charge in [-0.05, 0) is 128 Å². The molecule has 12 rings (SSSR count). The van der Waals surface area contributed by atoms with Crippen molar-refractivity contribution in [2.45, 2.75) is 31.6 Å². The average Bonchev–Trinajstić information content (AvgIpc) is 3.86. The fourth-order valence-corrected chi connectivity index (χ4v) is 12.1. The monoisotopic (exact) mass is 779 g/mol. The van der Waals surface area contributed by atoms with Gasteiger partial charge in [-0.1, -0.05) is 118 Å². The Balaban J connectivity index is 1.17. The van der Waals surface area contributed by atoms with Crippen LogP contribution in [0.2, 0.25) is 0 Å². The zero-order valence-electron chi connectivity index (χ0n) is 32.3. The average molecular weight is 780 g/mol. The Bertz CT molecular complexity index is 3420. The lowest BCUT2D eigenvalue weighted by Gasteiger charge is -2.32. The summed E-state index contributed by atoms with van der Waals surface area (Å²) in [6.45, 7) is 6.88. The second-order valence-electron chi connectivity index (χ2n) is 16.8. The Hall–Kier alpha value is -6.33. The van der Waals surface area contributed by atoms with E-state index in [0.717, 1.165) is 37.2 Å². The van der Waals surface area contributed by atoms with Crippen molar-refractivity contribution in [1.82, 2.24) is 0 Å². The van der Waals surface area contributed by atoms with Crippen LogP contribution < -0.4 is 10.3 Å². The first-order valence-electron chi connectivity index (χ1n) is 20.0. The summed E-state index contributed by atoms with van der Waals surface area (Å²) in [5.74, 6) is 0. The first kappa shape index (κ1) is 33.8. The zero-order valence-corrected chi connectivity index (χ0v) is 34.0. The van der Waals surface area contributed by atoms with Crippen molar-refractivity contribution in [3.63, 3.8) is 0 Å². The van der Waals surface area contributed by atoms with E-state index >= 15 is 0 Å². The highest BCUT2D eigenvalue weighted by atomic mass is 32.1. The van der Waals surface area contributed by atoms with Gasteiger partial charge in [0.15, 0.2) is 5.43 Å². The van der Waals surface area contributed by atoms with Crippen LogP contribution in [-0.2, 0) is 10.8 Å². The Morgan fingerprint density at radius 3 is 1.84 bits per heavy atom. The van der Waals surface area contributed by atoms with Gasteiger partial charge >= 0.3 is 0 Å². The molecule has 276 valence electrons. The van der Waals surface area contributed by atoms with E-state index in [1.807, 2.05) is 29.5 Å². The maximum absolute atomic E-state index is 14.4. The highest BCUT2D eigenvalue weighted by molar-refractivity contribution is 7.26. The number of benzene rings is 8. The van der Waals surface area contributed by atoms with Crippen molar-refractivity contribution in [1.29, 1.82) is 0 Å². The van der Waals surface area contributed by atoms with Gasteiger partial charge in [0.25, 0.3) is 0 Å². The van der Waals surface area contributed by atoms with E-state index in [9.17, 15) is 4.79 Å². The molecule has 0 aliphatic heterocycles. The van der Waals surface area contributed by atoms with Crippen molar-refractivity contribution in [2.75, 3.05) is 4.90 Å². The molecular formula is C54H37NOS2. The van der Waals surface area contributed by atoms with Crippen molar-refractivity contribution < 1.29 is 0 Å². The molecule has 10 aromatic rings. The molecule has 0 saturated carbocycles. The van der Waals surface area contributed by atoms with Crippen LogP contribution >= 0.6 is 22.7 Å². The fourth-order valence-electron chi connectivity index (χ4n) is 9.95. The van der Waals surface area contributed by atoms with Gasteiger partial charge in [0.1, 0.15) is 0 Å². The number of anilines is 3. The van der Waals surface area contributed by atoms with Crippen LogP contribution in [0.5, 0.6) is 0 Å². The lowest BCUT2D eigenvalue weighted by atomic mass is 9.70. The number of hydrogen-bond acceptors (Lipinski definition) is 4. The molecule has 1 unspecified atom stereocenters. The molecule has 58 heavy (non-hydrogen) atoms. The number of nitrogens with zero attached hydrogens (tertiary/aromatic N) is 1. The number of fused-ring (bicyclic) bond motifs is 15. The summed E-state index contributed by atoms with van der Waals surface area (Å²) in [6, 6.07) is 62.2. The molecule has 2 aliphatic rings. The van der Waals surface area contributed by atoms with Crippen LogP contribution in [0.4, 0.5) is 17.1 Å². The summed E-state index contributed by atoms with van der Waals surface area (Å²) in [6.07, 6.45) is 0. The molecule has 0 amide bonds. The molecule has 8 aromatic carbocycles. The Morgan fingerprint density at radius 1 is 0.414 bits per heavy atom. The van der Waals surface area contributed by atoms with Gasteiger partial charge in [-0.25, -0.2) is 0 Å². The number of para-hydroxylation sites is 1. The van der Waals surface area contributed by atoms with Crippen molar-refractivity contribution >= 4 is 80.1 Å². The van der Waals surface area contributed by atoms with Crippen molar-refractivity contribution in [2.24, 2.45) is 0 Å². The standard InChI is InChI=1S/C54H37NOS2/c1-53(2,3)32-21-25-45-40(27-32)37-24-22-35(55(33-13-5-4-6-14-33)34-23-26-50-42(28-34)38-16-8-11-19-48(38)57-50)29-46(37)54(45)44-18-10-7-15-36(44)41-31-51-43(30-47(41)54)52(56)39-17-9-12-20-49(39)58-51/h4-31H,1-3H3. The topological polar surface area (TPSA) is 20.3 Å². The molecule has 0 bridgehead atoms. The summed E-state index contributed by atoms with van der Waals surface area (Å²) in [4.78, 5) is 16.8. The zero-order chi connectivity index (χ0) is 38.9. The Labute approximate surface area is 344 Å². The molecule has 1 spiro atoms. The molecule has 0 fully saturated rings. The second kappa shape index (κ2) is 12.1. The van der Waals surface area contributed by atoms with E-state index in [4.69, 9.17) is 0 Å². The van der Waals surface area contributed by atoms with Gasteiger partial charge in [0, 0.05) is 57.4 Å². The van der Waals surface area contributed by atoms with Crippen molar-refractivity contribution in [3.05, 3.63) is 208 Å². The quantitative estimate of drug-likeness (QED) is 0.167. The third-order valence-electron chi connectivity index (χ3n) is 12.6. The minimum absolute atomic E-state index is 0.0267. The summed E-state index contributed by atoms with van der Waals surface area (Å²) in [5.41, 5.74) is 13.9. The Kier molecular flexibility index (Phi) is 7.04. The SMILES string of the molecule is CC(C)(C)c1ccc2c(c1)-c1ccc(N(c3ccccc3)c3ccc4sc5ccccc5c4c3)cc1C21c2ccccc2-c2cc3sc4ccccc4c(=O)c3cc21. The van der Waals surface area contributed by atoms with Gasteiger partial charge in [-0.3, -0.25) is 4.79 Å². The highest BCUT2D eigenvalue weighted by Crippen LogP contribution is 2.64. The van der Waals surface area contributed by atoms with Crippen LogP contribution in [0.15, 0.2) is 175 Å². The molecule has 2 heterocycles. The first-order chi connectivity index (χ1) is 28.3. The largest absolute Gasteiger partial charge is 0.310 e. The van der Waals surface area contributed by atoms with E-state index < -0.39 is 5.41 Å². The van der Waals surface area contributed by atoms with E-state index in [2.05, 4.69) is 177 Å². The molecule has 0 radical (unpaired) electrons.